The van der Waals surface area contributed by atoms with Crippen LogP contribution in [-0.4, -0.2) is 44.7 Å². The number of piperidine rings is 1. The Balaban J connectivity index is 1.42. The van der Waals surface area contributed by atoms with E-state index in [2.05, 4.69) is 37.1 Å². The topological polar surface area (TPSA) is 102 Å². The van der Waals surface area contributed by atoms with Gasteiger partial charge in [-0.25, -0.2) is 0 Å². The van der Waals surface area contributed by atoms with Crippen molar-refractivity contribution >= 4 is 29.4 Å². The third-order valence-corrected chi connectivity index (χ3v) is 5.96. The van der Waals surface area contributed by atoms with Crippen molar-refractivity contribution < 1.29 is 13.7 Å². The Kier molecular flexibility index (Phi) is 6.41. The molecule has 3 aromatic rings. The zero-order chi connectivity index (χ0) is 20.9. The molecular weight excluding hydrogens is 404 g/mol. The van der Waals surface area contributed by atoms with Crippen LogP contribution in [0.25, 0.3) is 0 Å². The van der Waals surface area contributed by atoms with Gasteiger partial charge in [-0.1, -0.05) is 23.8 Å². The van der Waals surface area contributed by atoms with Crippen molar-refractivity contribution in [1.82, 2.24) is 19.9 Å². The number of carbonyl (C=O) groups excluding carboxylic acids is 1. The number of nitrogens with zero attached hydrogens (tertiary/aromatic N) is 5. The van der Waals surface area contributed by atoms with Gasteiger partial charge in [0.2, 0.25) is 11.9 Å². The number of rotatable bonds is 8. The fourth-order valence-electron chi connectivity index (χ4n) is 3.56. The lowest BCUT2D eigenvalue weighted by molar-refractivity contribution is -0.115. The van der Waals surface area contributed by atoms with E-state index < -0.39 is 0 Å². The van der Waals surface area contributed by atoms with Gasteiger partial charge in [0.05, 0.1) is 12.8 Å². The second-order valence-electron chi connectivity index (χ2n) is 7.61. The second kappa shape index (κ2) is 9.38. The maximum Gasteiger partial charge on any atom is 0.228 e. The number of aromatic nitrogens is 4. The van der Waals surface area contributed by atoms with Gasteiger partial charge in [0, 0.05) is 31.3 Å². The third-order valence-electron chi connectivity index (χ3n) is 4.99. The molecule has 4 rings (SSSR count). The van der Waals surface area contributed by atoms with Crippen LogP contribution in [0.5, 0.6) is 0 Å². The van der Waals surface area contributed by atoms with Crippen molar-refractivity contribution in [3.05, 3.63) is 36.0 Å². The molecule has 1 aliphatic rings. The van der Waals surface area contributed by atoms with Crippen LogP contribution in [0.1, 0.15) is 37.7 Å². The molecule has 0 bridgehead atoms. The lowest BCUT2D eigenvalue weighted by Crippen LogP contribution is -2.36. The molecule has 0 radical (unpaired) electrons. The number of aryl methyl sites for hydroxylation is 1. The summed E-state index contributed by atoms with van der Waals surface area (Å²) in [5.74, 6) is 3.90. The van der Waals surface area contributed by atoms with Crippen molar-refractivity contribution in [2.75, 3.05) is 29.1 Å². The molecule has 9 nitrogen and oxygen atoms in total. The number of anilines is 2. The van der Waals surface area contributed by atoms with Gasteiger partial charge in [-0.05, 0) is 37.8 Å². The van der Waals surface area contributed by atoms with Crippen LogP contribution in [0.2, 0.25) is 0 Å². The monoisotopic (exact) mass is 430 g/mol. The van der Waals surface area contributed by atoms with Crippen LogP contribution in [0.15, 0.2) is 38.6 Å². The zero-order valence-electron chi connectivity index (χ0n) is 17.2. The third kappa shape index (κ3) is 5.05. The van der Waals surface area contributed by atoms with Crippen molar-refractivity contribution in [3.8, 4) is 0 Å². The highest BCUT2D eigenvalue weighted by molar-refractivity contribution is 7.99. The fraction of sp³-hybridized carbons (Fsp3) is 0.500. The molecule has 1 saturated heterocycles. The molecule has 1 unspecified atom stereocenters. The number of nitrogens with one attached hydrogen (secondary N) is 1. The van der Waals surface area contributed by atoms with Crippen LogP contribution in [0.3, 0.4) is 0 Å². The molecule has 0 saturated carbocycles. The highest BCUT2D eigenvalue weighted by atomic mass is 32.2. The average Bonchev–Trinajstić information content (AvgIpc) is 3.45. The predicted molar refractivity (Wildman–Crippen MR) is 114 cm³/mol. The minimum atomic E-state index is -0.113. The van der Waals surface area contributed by atoms with E-state index in [0.29, 0.717) is 36.2 Å². The van der Waals surface area contributed by atoms with Crippen LogP contribution < -0.4 is 10.2 Å². The molecule has 1 atom stereocenters. The summed E-state index contributed by atoms with van der Waals surface area (Å²) in [6.45, 7) is 6.56. The zero-order valence-corrected chi connectivity index (χ0v) is 18.0. The largest absolute Gasteiger partial charge is 0.467 e. The van der Waals surface area contributed by atoms with Crippen molar-refractivity contribution in [3.63, 3.8) is 0 Å². The summed E-state index contributed by atoms with van der Waals surface area (Å²) in [7, 11) is 0. The molecule has 0 aromatic carbocycles. The first-order valence-electron chi connectivity index (χ1n) is 10.1. The molecule has 10 heteroatoms. The van der Waals surface area contributed by atoms with Gasteiger partial charge >= 0.3 is 0 Å². The van der Waals surface area contributed by atoms with Crippen LogP contribution in [0.4, 0.5) is 11.8 Å². The summed E-state index contributed by atoms with van der Waals surface area (Å²) in [6.07, 6.45) is 4.40. The van der Waals surface area contributed by atoms with Crippen LogP contribution >= 0.6 is 11.8 Å². The molecule has 0 aliphatic carbocycles. The van der Waals surface area contributed by atoms with E-state index in [1.165, 1.54) is 18.2 Å². The number of hydrogen-bond donors (Lipinski definition) is 1. The number of carbonyl (C=O) groups is 1. The highest BCUT2D eigenvalue weighted by Crippen LogP contribution is 2.27. The van der Waals surface area contributed by atoms with Gasteiger partial charge in [-0.15, -0.1) is 10.2 Å². The number of amides is 1. The average molecular weight is 431 g/mol. The first kappa shape index (κ1) is 20.5. The van der Waals surface area contributed by atoms with Gasteiger partial charge in [0.15, 0.2) is 11.0 Å². The van der Waals surface area contributed by atoms with Gasteiger partial charge in [0.1, 0.15) is 11.5 Å². The van der Waals surface area contributed by atoms with E-state index in [9.17, 15) is 4.79 Å². The summed E-state index contributed by atoms with van der Waals surface area (Å²) >= 11 is 1.51. The fourth-order valence-corrected chi connectivity index (χ4v) is 4.43. The van der Waals surface area contributed by atoms with E-state index in [-0.39, 0.29) is 5.91 Å². The van der Waals surface area contributed by atoms with E-state index >= 15 is 0 Å². The molecule has 1 N–H and O–H groups in total. The minimum Gasteiger partial charge on any atom is -0.467 e. The molecule has 160 valence electrons. The summed E-state index contributed by atoms with van der Waals surface area (Å²) in [5, 5.41) is 16.2. The van der Waals surface area contributed by atoms with Gasteiger partial charge < -0.3 is 19.2 Å². The lowest BCUT2D eigenvalue weighted by Gasteiger charge is -2.31. The van der Waals surface area contributed by atoms with E-state index in [0.717, 1.165) is 36.4 Å². The Morgan fingerprint density at radius 2 is 2.30 bits per heavy atom. The quantitative estimate of drug-likeness (QED) is 0.541. The maximum absolute atomic E-state index is 12.2. The molecule has 30 heavy (non-hydrogen) atoms. The number of thioether (sulfide) groups is 1. The van der Waals surface area contributed by atoms with Crippen molar-refractivity contribution in [2.45, 2.75) is 44.8 Å². The first-order chi connectivity index (χ1) is 14.6. The van der Waals surface area contributed by atoms with Gasteiger partial charge in [-0.3, -0.25) is 9.36 Å². The number of furan rings is 1. The Morgan fingerprint density at radius 1 is 1.40 bits per heavy atom. The number of hydrogen-bond acceptors (Lipinski definition) is 8. The van der Waals surface area contributed by atoms with Gasteiger partial charge in [-0.2, -0.15) is 0 Å². The van der Waals surface area contributed by atoms with Crippen molar-refractivity contribution in [1.29, 1.82) is 0 Å². The Morgan fingerprint density at radius 3 is 3.03 bits per heavy atom. The smallest absolute Gasteiger partial charge is 0.228 e. The highest BCUT2D eigenvalue weighted by Gasteiger charge is 2.24. The summed E-state index contributed by atoms with van der Waals surface area (Å²) in [4.78, 5) is 14.5. The minimum absolute atomic E-state index is 0.113. The Bertz CT molecular complexity index is 967. The lowest BCUT2D eigenvalue weighted by atomic mass is 10.0. The van der Waals surface area contributed by atoms with E-state index in [4.69, 9.17) is 8.94 Å². The molecule has 0 spiro atoms. The van der Waals surface area contributed by atoms with E-state index in [1.807, 2.05) is 12.1 Å². The summed E-state index contributed by atoms with van der Waals surface area (Å²) in [6, 6.07) is 5.52. The summed E-state index contributed by atoms with van der Waals surface area (Å²) < 4.78 is 12.6. The molecule has 3 aromatic heterocycles. The van der Waals surface area contributed by atoms with E-state index in [1.54, 1.807) is 19.3 Å². The maximum atomic E-state index is 12.2. The normalized spacial score (nSPS) is 16.7. The van der Waals surface area contributed by atoms with Crippen molar-refractivity contribution in [2.24, 2.45) is 5.92 Å². The molecule has 1 aliphatic heterocycles. The second-order valence-corrected chi connectivity index (χ2v) is 8.67. The van der Waals surface area contributed by atoms with Crippen LogP contribution in [0, 0.1) is 12.8 Å². The molecule has 1 fully saturated rings. The first-order valence-corrected chi connectivity index (χ1v) is 11.1. The molecule has 1 amide bonds. The molecule has 4 heterocycles. The Hall–Kier alpha value is -2.75. The standard InChI is InChI=1S/C20H26N6O3S/c1-14-5-3-8-25(12-14)19-22-23-20(26(19)13-16-6-4-9-28-16)30-10-7-18(27)21-17-11-15(2)29-24-17/h4,6,9,11,14H,3,5,7-8,10,12-13H2,1-2H3,(H,21,24,27). The van der Waals surface area contributed by atoms with Gasteiger partial charge in [0.25, 0.3) is 0 Å². The van der Waals surface area contributed by atoms with Crippen LogP contribution in [-0.2, 0) is 11.3 Å². The summed E-state index contributed by atoms with van der Waals surface area (Å²) in [5.41, 5.74) is 0. The SMILES string of the molecule is Cc1cc(NC(=O)CCSc2nnc(N3CCCC(C)C3)n2Cc2ccco2)no1. The molecular formula is C20H26N6O3S. The Labute approximate surface area is 179 Å². The predicted octanol–water partition coefficient (Wildman–Crippen LogP) is 3.57.